The van der Waals surface area contributed by atoms with Crippen LogP contribution in [0.2, 0.25) is 0 Å². The van der Waals surface area contributed by atoms with Crippen molar-refractivity contribution in [2.75, 3.05) is 0 Å². The highest BCUT2D eigenvalue weighted by Gasteiger charge is 2.19. The number of H-pyrrole nitrogens is 1. The van der Waals surface area contributed by atoms with Gasteiger partial charge in [-0.25, -0.2) is 0 Å². The minimum Gasteiger partial charge on any atom is -0.272 e. The molecular formula is C18H22BrN5S. The minimum atomic E-state index is 0.155. The lowest BCUT2D eigenvalue weighted by molar-refractivity contribution is 0.506. The largest absolute Gasteiger partial charge is 0.272 e. The van der Waals surface area contributed by atoms with Crippen molar-refractivity contribution >= 4 is 28.1 Å². The molecule has 0 amide bonds. The molecule has 3 aromatic rings. The van der Waals surface area contributed by atoms with E-state index in [1.54, 1.807) is 0 Å². The molecule has 7 heteroatoms. The van der Waals surface area contributed by atoms with Crippen molar-refractivity contribution in [2.45, 2.75) is 46.6 Å². The van der Waals surface area contributed by atoms with Crippen LogP contribution in [0.1, 0.15) is 42.5 Å². The second kappa shape index (κ2) is 7.25. The summed E-state index contributed by atoms with van der Waals surface area (Å²) < 4.78 is 5.77. The van der Waals surface area contributed by atoms with Gasteiger partial charge in [0.15, 0.2) is 4.77 Å². The van der Waals surface area contributed by atoms with Crippen LogP contribution in [0.25, 0.3) is 5.69 Å². The Labute approximate surface area is 161 Å². The third-order valence-corrected chi connectivity index (χ3v) is 5.91. The van der Waals surface area contributed by atoms with Gasteiger partial charge in [-0.2, -0.15) is 10.2 Å². The van der Waals surface area contributed by atoms with Gasteiger partial charge in [0.25, 0.3) is 0 Å². The molecule has 0 aliphatic carbocycles. The van der Waals surface area contributed by atoms with E-state index in [9.17, 15) is 0 Å². The third-order valence-electron chi connectivity index (χ3n) is 4.49. The Kier molecular flexibility index (Phi) is 5.24. The predicted octanol–water partition coefficient (Wildman–Crippen LogP) is 4.87. The Bertz CT molecular complexity index is 953. The first kappa shape index (κ1) is 18.1. The maximum absolute atomic E-state index is 5.51. The van der Waals surface area contributed by atoms with Crippen molar-refractivity contribution in [3.8, 4) is 5.69 Å². The molecule has 132 valence electrons. The van der Waals surface area contributed by atoms with Crippen molar-refractivity contribution in [2.24, 2.45) is 0 Å². The summed E-state index contributed by atoms with van der Waals surface area (Å²) >= 11 is 9.11. The summed E-state index contributed by atoms with van der Waals surface area (Å²) in [5.74, 6) is 1.08. The van der Waals surface area contributed by atoms with Crippen molar-refractivity contribution in [3.63, 3.8) is 0 Å². The molecular weight excluding hydrogens is 398 g/mol. The summed E-state index contributed by atoms with van der Waals surface area (Å²) in [5.41, 5.74) is 4.47. The van der Waals surface area contributed by atoms with Crippen molar-refractivity contribution in [1.29, 1.82) is 0 Å². The van der Waals surface area contributed by atoms with E-state index in [1.165, 1.54) is 5.56 Å². The number of hydrogen-bond donors (Lipinski definition) is 1. The Morgan fingerprint density at radius 1 is 1.28 bits per heavy atom. The molecule has 0 bridgehead atoms. The lowest BCUT2D eigenvalue weighted by Crippen LogP contribution is -2.14. The molecule has 0 fully saturated rings. The first-order chi connectivity index (χ1) is 11.9. The van der Waals surface area contributed by atoms with Crippen molar-refractivity contribution < 1.29 is 0 Å². The summed E-state index contributed by atoms with van der Waals surface area (Å²) in [6, 6.07) is 8.33. The average molecular weight is 420 g/mol. The molecule has 1 atom stereocenters. The number of nitrogens with zero attached hydrogens (tertiary/aromatic N) is 4. The quantitative estimate of drug-likeness (QED) is 0.599. The maximum atomic E-state index is 5.51. The highest BCUT2D eigenvalue weighted by Crippen LogP contribution is 2.25. The highest BCUT2D eigenvalue weighted by molar-refractivity contribution is 9.10. The first-order valence-electron chi connectivity index (χ1n) is 8.39. The zero-order valence-corrected chi connectivity index (χ0v) is 17.3. The van der Waals surface area contributed by atoms with Gasteiger partial charge in [0.1, 0.15) is 5.82 Å². The van der Waals surface area contributed by atoms with E-state index < -0.39 is 0 Å². The zero-order chi connectivity index (χ0) is 18.1. The summed E-state index contributed by atoms with van der Waals surface area (Å²) in [7, 11) is 0. The zero-order valence-electron chi connectivity index (χ0n) is 14.9. The standard InChI is InChI=1S/C18H22BrN5S/c1-5-14-8-6-7-9-15(14)24-17(20-21-18(24)25)11(2)10-23-13(4)16(19)12(3)22-23/h6-9,11H,5,10H2,1-4H3,(H,21,25)/t11-/m0/s1. The SMILES string of the molecule is CCc1ccccc1-n1c([C@@H](C)Cn2nc(C)c(Br)c2C)n[nH]c1=S. The molecule has 0 saturated carbocycles. The van der Waals surface area contributed by atoms with Crippen molar-refractivity contribution in [1.82, 2.24) is 24.5 Å². The smallest absolute Gasteiger partial charge is 0.199 e. The number of benzene rings is 1. The molecule has 2 heterocycles. The monoisotopic (exact) mass is 419 g/mol. The third kappa shape index (κ3) is 3.35. The fourth-order valence-corrected chi connectivity index (χ4v) is 3.62. The van der Waals surface area contributed by atoms with Gasteiger partial charge in [-0.1, -0.05) is 32.0 Å². The van der Waals surface area contributed by atoms with Gasteiger partial charge in [-0.05, 0) is 60.0 Å². The van der Waals surface area contributed by atoms with Crippen LogP contribution in [0, 0.1) is 18.6 Å². The molecule has 3 rings (SSSR count). The molecule has 25 heavy (non-hydrogen) atoms. The second-order valence-corrected chi connectivity index (χ2v) is 7.45. The number of aromatic amines is 1. The summed E-state index contributed by atoms with van der Waals surface area (Å²) in [5, 5.41) is 12.1. The van der Waals surface area contributed by atoms with E-state index in [0.717, 1.165) is 40.3 Å². The van der Waals surface area contributed by atoms with Gasteiger partial charge in [0.2, 0.25) is 0 Å². The van der Waals surface area contributed by atoms with Gasteiger partial charge >= 0.3 is 0 Å². The van der Waals surface area contributed by atoms with Gasteiger partial charge in [0, 0.05) is 11.6 Å². The average Bonchev–Trinajstić information content (AvgIpc) is 3.10. The maximum Gasteiger partial charge on any atom is 0.199 e. The van der Waals surface area contributed by atoms with Gasteiger partial charge in [-0.3, -0.25) is 14.3 Å². The van der Waals surface area contributed by atoms with E-state index in [1.807, 2.05) is 17.7 Å². The molecule has 0 spiro atoms. The number of nitrogens with one attached hydrogen (secondary N) is 1. The lowest BCUT2D eigenvalue weighted by Gasteiger charge is -2.16. The van der Waals surface area contributed by atoms with Crippen LogP contribution < -0.4 is 0 Å². The van der Waals surface area contributed by atoms with Crippen LogP contribution in [-0.4, -0.2) is 24.5 Å². The number of rotatable bonds is 5. The van der Waals surface area contributed by atoms with Crippen LogP contribution >= 0.6 is 28.1 Å². The number of para-hydroxylation sites is 1. The molecule has 1 N–H and O–H groups in total. The molecule has 0 radical (unpaired) electrons. The van der Waals surface area contributed by atoms with E-state index in [2.05, 4.69) is 74.8 Å². The van der Waals surface area contributed by atoms with E-state index in [0.29, 0.717) is 4.77 Å². The Balaban J connectivity index is 2.01. The molecule has 0 unspecified atom stereocenters. The summed E-state index contributed by atoms with van der Waals surface area (Å²) in [6.07, 6.45) is 0.946. The topological polar surface area (TPSA) is 51.4 Å². The Morgan fingerprint density at radius 3 is 2.64 bits per heavy atom. The molecule has 5 nitrogen and oxygen atoms in total. The first-order valence-corrected chi connectivity index (χ1v) is 9.59. The molecule has 2 aromatic heterocycles. The van der Waals surface area contributed by atoms with E-state index in [-0.39, 0.29) is 5.92 Å². The molecule has 0 saturated heterocycles. The normalized spacial score (nSPS) is 12.5. The lowest BCUT2D eigenvalue weighted by atomic mass is 10.1. The summed E-state index contributed by atoms with van der Waals surface area (Å²) in [6.45, 7) is 9.12. The number of halogens is 1. The predicted molar refractivity (Wildman–Crippen MR) is 106 cm³/mol. The van der Waals surface area contributed by atoms with Gasteiger partial charge in [0.05, 0.1) is 22.4 Å². The van der Waals surface area contributed by atoms with Crippen LogP contribution in [0.15, 0.2) is 28.7 Å². The Morgan fingerprint density at radius 2 is 2.00 bits per heavy atom. The fraction of sp³-hybridized carbons (Fsp3) is 0.389. The molecule has 0 aliphatic heterocycles. The summed E-state index contributed by atoms with van der Waals surface area (Å²) in [4.78, 5) is 0. The number of aryl methyl sites for hydroxylation is 2. The van der Waals surface area contributed by atoms with Gasteiger partial charge in [-0.15, -0.1) is 0 Å². The minimum absolute atomic E-state index is 0.155. The van der Waals surface area contributed by atoms with E-state index >= 15 is 0 Å². The van der Waals surface area contributed by atoms with Gasteiger partial charge < -0.3 is 0 Å². The van der Waals surface area contributed by atoms with E-state index in [4.69, 9.17) is 12.2 Å². The van der Waals surface area contributed by atoms with Crippen molar-refractivity contribution in [3.05, 3.63) is 56.3 Å². The second-order valence-electron chi connectivity index (χ2n) is 6.27. The number of aromatic nitrogens is 5. The van der Waals surface area contributed by atoms with Crippen LogP contribution in [-0.2, 0) is 13.0 Å². The van der Waals surface area contributed by atoms with Crippen LogP contribution in [0.5, 0.6) is 0 Å². The molecule has 1 aromatic carbocycles. The Hall–Kier alpha value is -1.73. The number of hydrogen-bond acceptors (Lipinski definition) is 3. The van der Waals surface area contributed by atoms with Crippen LogP contribution in [0.4, 0.5) is 0 Å². The highest BCUT2D eigenvalue weighted by atomic mass is 79.9. The van der Waals surface area contributed by atoms with Crippen LogP contribution in [0.3, 0.4) is 0 Å². The molecule has 0 aliphatic rings. The fourth-order valence-electron chi connectivity index (χ4n) is 3.09.